The number of hydrogen-bond donors (Lipinski definition) is 1. The van der Waals surface area contributed by atoms with E-state index in [1.54, 1.807) is 0 Å². The summed E-state index contributed by atoms with van der Waals surface area (Å²) in [4.78, 5) is 30.1. The van der Waals surface area contributed by atoms with Crippen LogP contribution < -0.4 is 5.32 Å². The average molecular weight is 384 g/mol. The Morgan fingerprint density at radius 3 is 2.85 bits per heavy atom. The maximum absolute atomic E-state index is 12.2. The van der Waals surface area contributed by atoms with E-state index in [4.69, 9.17) is 4.42 Å². The summed E-state index contributed by atoms with van der Waals surface area (Å²) < 4.78 is 4.92. The number of benzene rings is 1. The van der Waals surface area contributed by atoms with Gasteiger partial charge in [0, 0.05) is 30.9 Å². The van der Waals surface area contributed by atoms with Crippen LogP contribution in [0.1, 0.15) is 26.7 Å². The topological polar surface area (TPSA) is 102 Å². The number of hydrogen-bond acceptors (Lipinski definition) is 7. The molecule has 1 N–H and O–H groups in total. The zero-order valence-electron chi connectivity index (χ0n) is 14.3. The quantitative estimate of drug-likeness (QED) is 0.534. The molecule has 0 fully saturated rings. The number of thiazole rings is 1. The summed E-state index contributed by atoms with van der Waals surface area (Å²) in [6.45, 7) is 2.56. The van der Waals surface area contributed by atoms with Crippen LogP contribution in [0, 0.1) is 10.1 Å². The first kappa shape index (κ1) is 17.4. The molecule has 2 aromatic heterocycles. The average Bonchev–Trinajstić information content (AvgIpc) is 3.29. The maximum Gasteiger partial charge on any atom is 0.433 e. The first-order valence-corrected chi connectivity index (χ1v) is 9.20. The minimum atomic E-state index is -0.680. The second kappa shape index (κ2) is 7.29. The lowest BCUT2D eigenvalue weighted by atomic mass is 10.1. The number of carbonyl (C=O) groups excluding carboxylic acids is 1. The zero-order chi connectivity index (χ0) is 18.8. The molecule has 0 radical (unpaired) electrons. The fraction of sp³-hybridized carbons (Fsp3) is 0.222. The van der Waals surface area contributed by atoms with E-state index in [9.17, 15) is 14.9 Å². The van der Waals surface area contributed by atoms with Crippen LogP contribution in [0.5, 0.6) is 0 Å². The number of fused-ring (bicyclic) bond motifs is 1. The van der Waals surface area contributed by atoms with Gasteiger partial charge in [0.1, 0.15) is 4.92 Å². The molecule has 0 saturated heterocycles. The van der Waals surface area contributed by atoms with E-state index in [0.717, 1.165) is 42.7 Å². The lowest BCUT2D eigenvalue weighted by Gasteiger charge is -2.25. The molecule has 3 aromatic rings. The number of nitrogens with one attached hydrogen (secondary N) is 1. The van der Waals surface area contributed by atoms with Crippen molar-refractivity contribution < 1.29 is 14.1 Å². The maximum atomic E-state index is 12.2. The smallest absolute Gasteiger partial charge is 0.395 e. The molecule has 0 saturated carbocycles. The third kappa shape index (κ3) is 3.88. The summed E-state index contributed by atoms with van der Waals surface area (Å²) in [5.74, 6) is -1.12. The molecule has 1 aliphatic rings. The van der Waals surface area contributed by atoms with Crippen molar-refractivity contribution >= 4 is 28.3 Å². The van der Waals surface area contributed by atoms with Gasteiger partial charge >= 0.3 is 5.88 Å². The van der Waals surface area contributed by atoms with Crippen molar-refractivity contribution in [2.45, 2.75) is 19.5 Å². The minimum absolute atomic E-state index is 0.111. The third-order valence-corrected chi connectivity index (χ3v) is 5.27. The molecule has 0 spiro atoms. The summed E-state index contributed by atoms with van der Waals surface area (Å²) in [6, 6.07) is 12.7. The molecular formula is C18H16N4O4S. The highest BCUT2D eigenvalue weighted by Gasteiger charge is 2.23. The minimum Gasteiger partial charge on any atom is -0.395 e. The molecule has 0 aliphatic carbocycles. The first-order chi connectivity index (χ1) is 13.1. The van der Waals surface area contributed by atoms with Gasteiger partial charge in [-0.2, -0.15) is 0 Å². The molecule has 4 rings (SSSR count). The van der Waals surface area contributed by atoms with Crippen LogP contribution in [-0.4, -0.2) is 27.3 Å². The lowest BCUT2D eigenvalue weighted by Crippen LogP contribution is -2.29. The highest BCUT2D eigenvalue weighted by Crippen LogP contribution is 2.29. The molecule has 0 unspecified atom stereocenters. The molecule has 27 heavy (non-hydrogen) atoms. The second-order valence-electron chi connectivity index (χ2n) is 6.18. The van der Waals surface area contributed by atoms with Crippen LogP contribution in [0.25, 0.3) is 0 Å². The summed E-state index contributed by atoms with van der Waals surface area (Å²) in [7, 11) is 0. The Morgan fingerprint density at radius 2 is 2.11 bits per heavy atom. The van der Waals surface area contributed by atoms with Gasteiger partial charge in [0.15, 0.2) is 10.9 Å². The predicted octanol–water partition coefficient (Wildman–Crippen LogP) is 3.45. The van der Waals surface area contributed by atoms with E-state index in [-0.39, 0.29) is 5.76 Å². The van der Waals surface area contributed by atoms with Crippen molar-refractivity contribution in [2.24, 2.45) is 0 Å². The first-order valence-electron chi connectivity index (χ1n) is 8.39. The molecule has 1 aliphatic heterocycles. The van der Waals surface area contributed by atoms with Gasteiger partial charge in [0.05, 0.1) is 11.8 Å². The number of carbonyl (C=O) groups is 1. The second-order valence-corrected chi connectivity index (χ2v) is 7.27. The van der Waals surface area contributed by atoms with Crippen LogP contribution >= 0.6 is 11.3 Å². The number of furan rings is 1. The Labute approximate surface area is 158 Å². The van der Waals surface area contributed by atoms with Crippen LogP contribution in [0.2, 0.25) is 0 Å². The van der Waals surface area contributed by atoms with Crippen molar-refractivity contribution in [2.75, 3.05) is 11.9 Å². The molecule has 0 atom stereocenters. The molecule has 1 aromatic carbocycles. The number of anilines is 1. The van der Waals surface area contributed by atoms with Crippen LogP contribution in [-0.2, 0) is 19.5 Å². The molecule has 8 nitrogen and oxygen atoms in total. The largest absolute Gasteiger partial charge is 0.433 e. The SMILES string of the molecule is O=C(Nc1nc2c(s1)CN(Cc1ccccc1)CC2)c1ccc([N+](=O)[O-])o1. The van der Waals surface area contributed by atoms with Gasteiger partial charge < -0.3 is 4.42 Å². The number of nitro groups is 1. The monoisotopic (exact) mass is 384 g/mol. The van der Waals surface area contributed by atoms with Gasteiger partial charge in [-0.15, -0.1) is 11.3 Å². The number of amides is 1. The predicted molar refractivity (Wildman–Crippen MR) is 99.7 cm³/mol. The van der Waals surface area contributed by atoms with E-state index in [2.05, 4.69) is 27.3 Å². The fourth-order valence-corrected chi connectivity index (χ4v) is 4.03. The molecular weight excluding hydrogens is 368 g/mol. The fourth-order valence-electron chi connectivity index (χ4n) is 2.98. The Morgan fingerprint density at radius 1 is 1.30 bits per heavy atom. The highest BCUT2D eigenvalue weighted by atomic mass is 32.1. The van der Waals surface area contributed by atoms with Gasteiger partial charge in [-0.3, -0.25) is 25.1 Å². The Bertz CT molecular complexity index is 982. The van der Waals surface area contributed by atoms with Crippen molar-refractivity contribution in [1.82, 2.24) is 9.88 Å². The van der Waals surface area contributed by atoms with Crippen molar-refractivity contribution in [1.29, 1.82) is 0 Å². The van der Waals surface area contributed by atoms with Crippen molar-refractivity contribution in [3.8, 4) is 0 Å². The highest BCUT2D eigenvalue weighted by molar-refractivity contribution is 7.15. The molecule has 3 heterocycles. The van der Waals surface area contributed by atoms with E-state index in [1.165, 1.54) is 23.0 Å². The Hall–Kier alpha value is -3.04. The third-order valence-electron chi connectivity index (χ3n) is 4.28. The zero-order valence-corrected chi connectivity index (χ0v) is 15.1. The summed E-state index contributed by atoms with van der Waals surface area (Å²) in [6.07, 6.45) is 0.820. The normalized spacial score (nSPS) is 13.9. The van der Waals surface area contributed by atoms with E-state index in [1.807, 2.05) is 18.2 Å². The lowest BCUT2D eigenvalue weighted by molar-refractivity contribution is -0.402. The van der Waals surface area contributed by atoms with E-state index < -0.39 is 16.7 Å². The Kier molecular flexibility index (Phi) is 4.69. The number of aromatic nitrogens is 1. The van der Waals surface area contributed by atoms with E-state index in [0.29, 0.717) is 5.13 Å². The van der Waals surface area contributed by atoms with Gasteiger partial charge in [0.25, 0.3) is 5.91 Å². The van der Waals surface area contributed by atoms with Crippen molar-refractivity contribution in [3.05, 3.63) is 74.5 Å². The number of nitrogens with zero attached hydrogens (tertiary/aromatic N) is 3. The molecule has 138 valence electrons. The van der Waals surface area contributed by atoms with Crippen LogP contribution in [0.3, 0.4) is 0 Å². The standard InChI is InChI=1S/C18H16N4O4S/c23-17(14-6-7-16(26-14)22(24)25)20-18-19-13-8-9-21(11-15(13)27-18)10-12-4-2-1-3-5-12/h1-7H,8-11H2,(H,19,20,23). The molecule has 9 heteroatoms. The van der Waals surface area contributed by atoms with Gasteiger partial charge in [-0.05, 0) is 11.6 Å². The Balaban J connectivity index is 1.42. The number of rotatable bonds is 5. The van der Waals surface area contributed by atoms with Crippen LogP contribution in [0.4, 0.5) is 11.0 Å². The summed E-state index contributed by atoms with van der Waals surface area (Å²) in [5.41, 5.74) is 2.25. The van der Waals surface area contributed by atoms with Gasteiger partial charge in [-0.25, -0.2) is 4.98 Å². The summed E-state index contributed by atoms with van der Waals surface area (Å²) >= 11 is 1.43. The molecule has 0 bridgehead atoms. The summed E-state index contributed by atoms with van der Waals surface area (Å²) in [5, 5.41) is 13.8. The van der Waals surface area contributed by atoms with Crippen molar-refractivity contribution in [3.63, 3.8) is 0 Å². The van der Waals surface area contributed by atoms with Crippen LogP contribution in [0.15, 0.2) is 46.9 Å². The molecule has 1 amide bonds. The van der Waals surface area contributed by atoms with E-state index >= 15 is 0 Å². The van der Waals surface area contributed by atoms with Gasteiger partial charge in [-0.1, -0.05) is 30.3 Å². The van der Waals surface area contributed by atoms with Gasteiger partial charge in [0.2, 0.25) is 0 Å².